The molecule has 0 fully saturated rings. The number of thioether (sulfide) groups is 1. The van der Waals surface area contributed by atoms with Gasteiger partial charge < -0.3 is 10.6 Å². The number of aliphatic imine (C=N–C) groups is 1. The summed E-state index contributed by atoms with van der Waals surface area (Å²) >= 11 is 2.84. The van der Waals surface area contributed by atoms with Crippen LogP contribution >= 0.6 is 23.1 Å². The molecule has 4 aromatic rings. The third kappa shape index (κ3) is 5.86. The van der Waals surface area contributed by atoms with Crippen LogP contribution < -0.4 is 10.6 Å². The van der Waals surface area contributed by atoms with Gasteiger partial charge in [0.15, 0.2) is 0 Å². The first kappa shape index (κ1) is 27.4. The number of hydrogen-bond acceptors (Lipinski definition) is 6. The smallest absolute Gasteiger partial charge is 0.254 e. The van der Waals surface area contributed by atoms with Gasteiger partial charge in [0, 0.05) is 33.3 Å². The summed E-state index contributed by atoms with van der Waals surface area (Å²) in [7, 11) is 0. The van der Waals surface area contributed by atoms with E-state index in [-0.39, 0.29) is 17.6 Å². The molecule has 2 heterocycles. The van der Waals surface area contributed by atoms with E-state index in [4.69, 9.17) is 4.99 Å². The lowest BCUT2D eigenvalue weighted by Gasteiger charge is -2.30. The largest absolute Gasteiger partial charge is 0.325 e. The number of para-hydroxylation sites is 1. The van der Waals surface area contributed by atoms with E-state index in [9.17, 15) is 14.9 Å². The van der Waals surface area contributed by atoms with Crippen LogP contribution in [0.5, 0.6) is 0 Å². The predicted octanol–water partition coefficient (Wildman–Crippen LogP) is 7.38. The van der Waals surface area contributed by atoms with Crippen LogP contribution in [0, 0.1) is 17.2 Å². The molecule has 2 N–H and O–H groups in total. The minimum atomic E-state index is -0.723. The lowest BCUT2D eigenvalue weighted by Crippen LogP contribution is -2.31. The van der Waals surface area contributed by atoms with Crippen molar-refractivity contribution >= 4 is 61.4 Å². The van der Waals surface area contributed by atoms with Gasteiger partial charge >= 0.3 is 0 Å². The summed E-state index contributed by atoms with van der Waals surface area (Å²) in [5, 5.41) is 19.9. The zero-order valence-corrected chi connectivity index (χ0v) is 23.8. The summed E-state index contributed by atoms with van der Waals surface area (Å²) in [6.45, 7) is 3.86. The number of benzene rings is 3. The van der Waals surface area contributed by atoms with Gasteiger partial charge in [-0.05, 0) is 65.6 Å². The Hall–Kier alpha value is -4.19. The maximum absolute atomic E-state index is 13.7. The number of nitriles is 1. The van der Waals surface area contributed by atoms with Crippen LogP contribution in [0.25, 0.3) is 10.1 Å². The van der Waals surface area contributed by atoms with Gasteiger partial charge in [-0.3, -0.25) is 9.59 Å². The molecule has 0 bridgehead atoms. The summed E-state index contributed by atoms with van der Waals surface area (Å²) < 4.78 is 1.08. The summed E-state index contributed by atoms with van der Waals surface area (Å²) in [4.78, 5) is 31.3. The molecule has 40 heavy (non-hydrogen) atoms. The molecular formula is C32H28N4O2S2. The first-order valence-electron chi connectivity index (χ1n) is 13.0. The SMILES string of the molecule is CCc1cccc(NC(=O)CSC2=NC(C)=C(C(=O)Nc3ccccc3)C(c3csc4ccccc34)C2C#N)c1. The fourth-order valence-corrected chi connectivity index (χ4v) is 6.80. The molecule has 2 atom stereocenters. The first-order chi connectivity index (χ1) is 19.5. The number of carbonyl (C=O) groups is 2. The summed E-state index contributed by atoms with van der Waals surface area (Å²) in [6.07, 6.45) is 0.879. The number of amides is 2. The molecule has 2 unspecified atom stereocenters. The Balaban J connectivity index is 1.47. The van der Waals surface area contributed by atoms with Crippen molar-refractivity contribution in [1.29, 1.82) is 5.26 Å². The van der Waals surface area contributed by atoms with Gasteiger partial charge in [0.1, 0.15) is 5.92 Å². The molecule has 0 saturated heterocycles. The monoisotopic (exact) mass is 564 g/mol. The van der Waals surface area contributed by atoms with Crippen molar-refractivity contribution in [2.24, 2.45) is 10.9 Å². The Bertz CT molecular complexity index is 1670. The normalized spacial score (nSPS) is 16.8. The van der Waals surface area contributed by atoms with Crippen molar-refractivity contribution < 1.29 is 9.59 Å². The third-order valence-corrected chi connectivity index (χ3v) is 8.84. The molecule has 3 aromatic carbocycles. The van der Waals surface area contributed by atoms with Gasteiger partial charge in [-0.25, -0.2) is 4.99 Å². The van der Waals surface area contributed by atoms with Crippen LogP contribution in [0.1, 0.15) is 30.9 Å². The summed E-state index contributed by atoms with van der Waals surface area (Å²) in [6, 6.07) is 27.4. The quantitative estimate of drug-likeness (QED) is 0.245. The molecule has 5 rings (SSSR count). The fraction of sp³-hybridized carbons (Fsp3) is 0.188. The molecule has 8 heteroatoms. The van der Waals surface area contributed by atoms with E-state index in [1.54, 1.807) is 18.3 Å². The highest BCUT2D eigenvalue weighted by Gasteiger charge is 2.40. The van der Waals surface area contributed by atoms with Gasteiger partial charge in [0.2, 0.25) is 5.91 Å². The molecule has 200 valence electrons. The van der Waals surface area contributed by atoms with Gasteiger partial charge in [-0.15, -0.1) is 11.3 Å². The second-order valence-corrected chi connectivity index (χ2v) is 11.3. The molecular weight excluding hydrogens is 537 g/mol. The highest BCUT2D eigenvalue weighted by molar-refractivity contribution is 8.14. The molecule has 0 saturated carbocycles. The summed E-state index contributed by atoms with van der Waals surface area (Å²) in [5.74, 6) is -1.62. The maximum atomic E-state index is 13.7. The Morgan fingerprint density at radius 1 is 1.00 bits per heavy atom. The third-order valence-electron chi connectivity index (χ3n) is 6.81. The van der Waals surface area contributed by atoms with E-state index in [1.165, 1.54) is 11.8 Å². The molecule has 1 aromatic heterocycles. The molecule has 1 aliphatic heterocycles. The highest BCUT2D eigenvalue weighted by Crippen LogP contribution is 2.45. The average molecular weight is 565 g/mol. The Morgan fingerprint density at radius 3 is 2.52 bits per heavy atom. The number of nitrogens with one attached hydrogen (secondary N) is 2. The minimum Gasteiger partial charge on any atom is -0.325 e. The Kier molecular flexibility index (Phi) is 8.44. The second-order valence-electron chi connectivity index (χ2n) is 9.43. The molecule has 2 amide bonds. The van der Waals surface area contributed by atoms with Crippen molar-refractivity contribution in [3.8, 4) is 6.07 Å². The van der Waals surface area contributed by atoms with Gasteiger partial charge in [0.25, 0.3) is 5.91 Å². The number of rotatable bonds is 7. The molecule has 6 nitrogen and oxygen atoms in total. The zero-order valence-electron chi connectivity index (χ0n) is 22.2. The topological polar surface area (TPSA) is 94.3 Å². The van der Waals surface area contributed by atoms with Crippen molar-refractivity contribution in [2.45, 2.75) is 26.2 Å². The zero-order chi connectivity index (χ0) is 28.1. The van der Waals surface area contributed by atoms with E-state index in [0.29, 0.717) is 22.0 Å². The average Bonchev–Trinajstić information content (AvgIpc) is 3.40. The molecule has 0 radical (unpaired) electrons. The van der Waals surface area contributed by atoms with Crippen molar-refractivity contribution in [2.75, 3.05) is 16.4 Å². The van der Waals surface area contributed by atoms with Crippen molar-refractivity contribution in [3.05, 3.63) is 107 Å². The van der Waals surface area contributed by atoms with Crippen molar-refractivity contribution in [3.63, 3.8) is 0 Å². The molecule has 0 aliphatic carbocycles. The number of thiophene rings is 1. The van der Waals surface area contributed by atoms with Crippen LogP contribution in [0.4, 0.5) is 11.4 Å². The highest BCUT2D eigenvalue weighted by atomic mass is 32.2. The number of carbonyl (C=O) groups excluding carboxylic acids is 2. The predicted molar refractivity (Wildman–Crippen MR) is 166 cm³/mol. The van der Waals surface area contributed by atoms with E-state index in [2.05, 4.69) is 23.6 Å². The maximum Gasteiger partial charge on any atom is 0.254 e. The number of hydrogen-bond donors (Lipinski definition) is 2. The number of allylic oxidation sites excluding steroid dienone is 1. The van der Waals surface area contributed by atoms with Crippen LogP contribution in [-0.2, 0) is 16.0 Å². The Labute approximate surface area is 241 Å². The number of fused-ring (bicyclic) bond motifs is 1. The van der Waals surface area contributed by atoms with E-state index in [0.717, 1.165) is 33.3 Å². The van der Waals surface area contributed by atoms with Gasteiger partial charge in [-0.1, -0.05) is 67.2 Å². The van der Waals surface area contributed by atoms with Gasteiger partial charge in [0.05, 0.1) is 16.9 Å². The number of aryl methyl sites for hydroxylation is 1. The molecule has 0 spiro atoms. The molecule has 1 aliphatic rings. The van der Waals surface area contributed by atoms with Crippen LogP contribution in [0.3, 0.4) is 0 Å². The van der Waals surface area contributed by atoms with Gasteiger partial charge in [-0.2, -0.15) is 5.26 Å². The van der Waals surface area contributed by atoms with Crippen LogP contribution in [-0.4, -0.2) is 22.6 Å². The van der Waals surface area contributed by atoms with E-state index >= 15 is 0 Å². The lowest BCUT2D eigenvalue weighted by molar-refractivity contribution is -0.114. The lowest BCUT2D eigenvalue weighted by atomic mass is 9.78. The number of anilines is 2. The van der Waals surface area contributed by atoms with Crippen LogP contribution in [0.15, 0.2) is 101 Å². The Morgan fingerprint density at radius 2 is 1.75 bits per heavy atom. The van der Waals surface area contributed by atoms with Crippen LogP contribution in [0.2, 0.25) is 0 Å². The first-order valence-corrected chi connectivity index (χ1v) is 14.9. The fourth-order valence-electron chi connectivity index (χ4n) is 4.89. The second kappa shape index (κ2) is 12.3. The summed E-state index contributed by atoms with van der Waals surface area (Å²) in [5.41, 5.74) is 4.47. The standard InChI is InChI=1S/C32H28N4O2S2/c1-3-21-10-9-13-23(16-21)35-28(37)19-40-32-25(17-33)30(26-18-39-27-15-8-7-14-24(26)27)29(20(2)34-32)31(38)36-22-11-5-4-6-12-22/h4-16,18,25,30H,3,19H2,1-2H3,(H,35,37)(H,36,38). The minimum absolute atomic E-state index is 0.100. The van der Waals surface area contributed by atoms with E-state index < -0.39 is 11.8 Å². The van der Waals surface area contributed by atoms with Crippen molar-refractivity contribution in [1.82, 2.24) is 0 Å². The van der Waals surface area contributed by atoms with E-state index in [1.807, 2.05) is 84.2 Å². The number of nitrogens with zero attached hydrogens (tertiary/aromatic N) is 2.